The van der Waals surface area contributed by atoms with E-state index >= 15 is 0 Å². The molecule has 0 aromatic heterocycles. The molecule has 0 heterocycles. The first-order chi connectivity index (χ1) is 9.74. The molecule has 0 unspecified atom stereocenters. The van der Waals surface area contributed by atoms with E-state index in [1.54, 1.807) is 0 Å². The van der Waals surface area contributed by atoms with Crippen LogP contribution in [0.2, 0.25) is 0 Å². The van der Waals surface area contributed by atoms with Crippen molar-refractivity contribution < 1.29 is 4.39 Å². The standard InChI is InChI=1S/C17H21FN2/c1-2-10-20(13-14-6-4-3-5-7-14)17-9-8-15(12-19)11-16(17)18/h3-9,11H,2,10,12-13,19H2,1H3. The number of nitrogens with two attached hydrogens (primary N) is 1. The number of hydrogen-bond donors (Lipinski definition) is 1. The average molecular weight is 272 g/mol. The van der Waals surface area contributed by atoms with Crippen LogP contribution in [0.5, 0.6) is 0 Å². The van der Waals surface area contributed by atoms with Crippen molar-refractivity contribution in [1.29, 1.82) is 0 Å². The maximum atomic E-state index is 14.2. The molecule has 2 aromatic carbocycles. The zero-order valence-electron chi connectivity index (χ0n) is 11.8. The Kier molecular flexibility index (Phi) is 5.13. The molecule has 0 saturated carbocycles. The van der Waals surface area contributed by atoms with Crippen LogP contribution >= 0.6 is 0 Å². The molecular formula is C17H21FN2. The minimum Gasteiger partial charge on any atom is -0.365 e. The van der Waals surface area contributed by atoms with Gasteiger partial charge in [0, 0.05) is 19.6 Å². The SMILES string of the molecule is CCCN(Cc1ccccc1)c1ccc(CN)cc1F. The Labute approximate surface area is 120 Å². The lowest BCUT2D eigenvalue weighted by molar-refractivity contribution is 0.612. The lowest BCUT2D eigenvalue weighted by Crippen LogP contribution is -2.24. The Hall–Kier alpha value is -1.87. The van der Waals surface area contributed by atoms with Gasteiger partial charge < -0.3 is 10.6 Å². The van der Waals surface area contributed by atoms with Gasteiger partial charge in [-0.05, 0) is 29.7 Å². The van der Waals surface area contributed by atoms with Gasteiger partial charge in [-0.15, -0.1) is 0 Å². The summed E-state index contributed by atoms with van der Waals surface area (Å²) < 4.78 is 14.2. The van der Waals surface area contributed by atoms with Crippen molar-refractivity contribution in [2.24, 2.45) is 5.73 Å². The van der Waals surface area contributed by atoms with Gasteiger partial charge in [0.1, 0.15) is 5.82 Å². The van der Waals surface area contributed by atoms with Crippen LogP contribution in [0, 0.1) is 5.82 Å². The van der Waals surface area contributed by atoms with Crippen molar-refractivity contribution in [3.63, 3.8) is 0 Å². The molecule has 2 rings (SSSR count). The van der Waals surface area contributed by atoms with E-state index in [9.17, 15) is 4.39 Å². The highest BCUT2D eigenvalue weighted by Gasteiger charge is 2.11. The molecule has 2 nitrogen and oxygen atoms in total. The van der Waals surface area contributed by atoms with E-state index in [1.165, 1.54) is 11.6 Å². The van der Waals surface area contributed by atoms with Crippen molar-refractivity contribution >= 4 is 5.69 Å². The molecule has 3 heteroatoms. The Balaban J connectivity index is 2.24. The van der Waals surface area contributed by atoms with Gasteiger partial charge in [-0.2, -0.15) is 0 Å². The third-order valence-electron chi connectivity index (χ3n) is 3.30. The molecule has 106 valence electrons. The molecule has 20 heavy (non-hydrogen) atoms. The smallest absolute Gasteiger partial charge is 0.146 e. The number of hydrogen-bond acceptors (Lipinski definition) is 2. The summed E-state index contributed by atoms with van der Waals surface area (Å²) in [6.07, 6.45) is 0.977. The summed E-state index contributed by atoms with van der Waals surface area (Å²) in [5.41, 5.74) is 8.20. The number of anilines is 1. The zero-order chi connectivity index (χ0) is 14.4. The van der Waals surface area contributed by atoms with Crippen LogP contribution < -0.4 is 10.6 Å². The molecule has 0 spiro atoms. The first-order valence-electron chi connectivity index (χ1n) is 7.02. The second-order valence-electron chi connectivity index (χ2n) is 4.90. The van der Waals surface area contributed by atoms with Crippen molar-refractivity contribution in [3.8, 4) is 0 Å². The zero-order valence-corrected chi connectivity index (χ0v) is 11.8. The van der Waals surface area contributed by atoms with Crippen LogP contribution in [0.4, 0.5) is 10.1 Å². The van der Waals surface area contributed by atoms with E-state index in [4.69, 9.17) is 5.73 Å². The fraction of sp³-hybridized carbons (Fsp3) is 0.294. The number of benzene rings is 2. The molecule has 0 amide bonds. The topological polar surface area (TPSA) is 29.3 Å². The monoisotopic (exact) mass is 272 g/mol. The molecule has 0 fully saturated rings. The average Bonchev–Trinajstić information content (AvgIpc) is 2.48. The molecule has 2 aromatic rings. The normalized spacial score (nSPS) is 10.6. The first kappa shape index (κ1) is 14.5. The predicted molar refractivity (Wildman–Crippen MR) is 82.1 cm³/mol. The number of nitrogens with zero attached hydrogens (tertiary/aromatic N) is 1. The highest BCUT2D eigenvalue weighted by molar-refractivity contribution is 5.49. The van der Waals surface area contributed by atoms with Gasteiger partial charge in [-0.1, -0.05) is 43.3 Å². The molecule has 0 aliphatic carbocycles. The van der Waals surface area contributed by atoms with Crippen LogP contribution in [0.25, 0.3) is 0 Å². The highest BCUT2D eigenvalue weighted by Crippen LogP contribution is 2.22. The molecule has 0 radical (unpaired) electrons. The minimum atomic E-state index is -0.197. The van der Waals surface area contributed by atoms with Gasteiger partial charge in [-0.3, -0.25) is 0 Å². The fourth-order valence-corrected chi connectivity index (χ4v) is 2.29. The summed E-state index contributed by atoms with van der Waals surface area (Å²) in [4.78, 5) is 2.07. The summed E-state index contributed by atoms with van der Waals surface area (Å²) in [5, 5.41) is 0. The van der Waals surface area contributed by atoms with Crippen molar-refractivity contribution in [2.75, 3.05) is 11.4 Å². The number of rotatable bonds is 6. The van der Waals surface area contributed by atoms with Crippen LogP contribution in [0.3, 0.4) is 0 Å². The summed E-state index contributed by atoms with van der Waals surface area (Å²) in [5.74, 6) is -0.197. The predicted octanol–water partition coefficient (Wildman–Crippen LogP) is 3.70. The van der Waals surface area contributed by atoms with E-state index < -0.39 is 0 Å². The Morgan fingerprint density at radius 3 is 2.40 bits per heavy atom. The minimum absolute atomic E-state index is 0.197. The van der Waals surface area contributed by atoms with Crippen molar-refractivity contribution in [2.45, 2.75) is 26.4 Å². The van der Waals surface area contributed by atoms with Gasteiger partial charge in [0.25, 0.3) is 0 Å². The maximum absolute atomic E-state index is 14.2. The molecule has 0 aliphatic heterocycles. The summed E-state index contributed by atoms with van der Waals surface area (Å²) in [6, 6.07) is 15.4. The van der Waals surface area contributed by atoms with E-state index in [0.717, 1.165) is 18.5 Å². The first-order valence-corrected chi connectivity index (χ1v) is 7.02. The van der Waals surface area contributed by atoms with Gasteiger partial charge in [-0.25, -0.2) is 4.39 Å². The Morgan fingerprint density at radius 1 is 1.05 bits per heavy atom. The Bertz CT molecular complexity index is 540. The fourth-order valence-electron chi connectivity index (χ4n) is 2.29. The summed E-state index contributed by atoms with van der Waals surface area (Å²) in [6.45, 7) is 4.01. The van der Waals surface area contributed by atoms with E-state index in [-0.39, 0.29) is 5.82 Å². The lowest BCUT2D eigenvalue weighted by Gasteiger charge is -2.25. The molecule has 0 aliphatic rings. The van der Waals surface area contributed by atoms with Gasteiger partial charge in [0.15, 0.2) is 0 Å². The number of halogens is 1. The third kappa shape index (κ3) is 3.58. The van der Waals surface area contributed by atoms with Gasteiger partial charge in [0.05, 0.1) is 5.69 Å². The van der Waals surface area contributed by atoms with Crippen LogP contribution in [0.15, 0.2) is 48.5 Å². The van der Waals surface area contributed by atoms with Crippen molar-refractivity contribution in [3.05, 3.63) is 65.5 Å². The molecule has 2 N–H and O–H groups in total. The van der Waals surface area contributed by atoms with Crippen LogP contribution in [-0.4, -0.2) is 6.54 Å². The third-order valence-corrected chi connectivity index (χ3v) is 3.30. The summed E-state index contributed by atoms with van der Waals surface area (Å²) >= 11 is 0. The van der Waals surface area contributed by atoms with Crippen molar-refractivity contribution in [1.82, 2.24) is 0 Å². The molecule has 0 atom stereocenters. The largest absolute Gasteiger partial charge is 0.365 e. The molecule has 0 bridgehead atoms. The van der Waals surface area contributed by atoms with E-state index in [2.05, 4.69) is 24.0 Å². The van der Waals surface area contributed by atoms with E-state index in [1.807, 2.05) is 30.3 Å². The quantitative estimate of drug-likeness (QED) is 0.868. The molecule has 0 saturated heterocycles. The second-order valence-corrected chi connectivity index (χ2v) is 4.90. The summed E-state index contributed by atoms with van der Waals surface area (Å²) in [7, 11) is 0. The van der Waals surface area contributed by atoms with Gasteiger partial charge >= 0.3 is 0 Å². The Morgan fingerprint density at radius 2 is 1.80 bits per heavy atom. The van der Waals surface area contributed by atoms with E-state index in [0.29, 0.717) is 18.8 Å². The van der Waals surface area contributed by atoms with Crippen LogP contribution in [-0.2, 0) is 13.1 Å². The lowest BCUT2D eigenvalue weighted by atomic mass is 10.1. The maximum Gasteiger partial charge on any atom is 0.146 e. The molecular weight excluding hydrogens is 251 g/mol. The highest BCUT2D eigenvalue weighted by atomic mass is 19.1. The van der Waals surface area contributed by atoms with Crippen LogP contribution in [0.1, 0.15) is 24.5 Å². The second kappa shape index (κ2) is 7.06. The van der Waals surface area contributed by atoms with Gasteiger partial charge in [0.2, 0.25) is 0 Å².